The Labute approximate surface area is 106 Å². The SMILES string of the molecule is CCCC(CCC)C(=O)NC1CCCCC1N. The van der Waals surface area contributed by atoms with Crippen molar-refractivity contribution in [3.05, 3.63) is 0 Å². The van der Waals surface area contributed by atoms with Crippen LogP contribution in [-0.4, -0.2) is 18.0 Å². The Hall–Kier alpha value is -0.570. The monoisotopic (exact) mass is 240 g/mol. The topological polar surface area (TPSA) is 55.1 Å². The maximum atomic E-state index is 12.2. The van der Waals surface area contributed by atoms with Gasteiger partial charge in [-0.1, -0.05) is 39.5 Å². The van der Waals surface area contributed by atoms with E-state index in [-0.39, 0.29) is 23.9 Å². The first-order chi connectivity index (χ1) is 8.19. The van der Waals surface area contributed by atoms with Gasteiger partial charge in [-0.3, -0.25) is 4.79 Å². The van der Waals surface area contributed by atoms with E-state index in [0.29, 0.717) is 0 Å². The predicted octanol–water partition coefficient (Wildman–Crippen LogP) is 2.59. The van der Waals surface area contributed by atoms with Crippen molar-refractivity contribution >= 4 is 5.91 Å². The van der Waals surface area contributed by atoms with Crippen molar-refractivity contribution in [1.29, 1.82) is 0 Å². The highest BCUT2D eigenvalue weighted by Crippen LogP contribution is 2.19. The van der Waals surface area contributed by atoms with E-state index in [2.05, 4.69) is 19.2 Å². The van der Waals surface area contributed by atoms with Crippen molar-refractivity contribution < 1.29 is 4.79 Å². The summed E-state index contributed by atoms with van der Waals surface area (Å²) in [6.45, 7) is 4.28. The maximum Gasteiger partial charge on any atom is 0.223 e. The molecule has 100 valence electrons. The molecule has 0 aliphatic heterocycles. The smallest absolute Gasteiger partial charge is 0.223 e. The van der Waals surface area contributed by atoms with Crippen molar-refractivity contribution in [3.8, 4) is 0 Å². The fraction of sp³-hybridized carbons (Fsp3) is 0.929. The van der Waals surface area contributed by atoms with E-state index in [4.69, 9.17) is 5.73 Å². The van der Waals surface area contributed by atoms with Crippen molar-refractivity contribution in [3.63, 3.8) is 0 Å². The van der Waals surface area contributed by atoms with Crippen LogP contribution >= 0.6 is 0 Å². The minimum Gasteiger partial charge on any atom is -0.352 e. The molecule has 2 unspecified atom stereocenters. The summed E-state index contributed by atoms with van der Waals surface area (Å²) in [6.07, 6.45) is 8.67. The molecule has 1 aliphatic carbocycles. The molecule has 1 fully saturated rings. The lowest BCUT2D eigenvalue weighted by Gasteiger charge is -2.30. The van der Waals surface area contributed by atoms with Gasteiger partial charge in [0.15, 0.2) is 0 Å². The summed E-state index contributed by atoms with van der Waals surface area (Å²) in [7, 11) is 0. The number of amides is 1. The molecule has 17 heavy (non-hydrogen) atoms. The number of nitrogens with one attached hydrogen (secondary N) is 1. The molecule has 1 saturated carbocycles. The lowest BCUT2D eigenvalue weighted by atomic mass is 9.89. The molecular weight excluding hydrogens is 212 g/mol. The van der Waals surface area contributed by atoms with Gasteiger partial charge in [0.25, 0.3) is 0 Å². The number of hydrogen-bond acceptors (Lipinski definition) is 2. The average Bonchev–Trinajstić information content (AvgIpc) is 2.32. The quantitative estimate of drug-likeness (QED) is 0.750. The Morgan fingerprint density at radius 2 is 1.82 bits per heavy atom. The number of nitrogens with two attached hydrogens (primary N) is 1. The standard InChI is InChI=1S/C14H28N2O/c1-3-7-11(8-4-2)14(17)16-13-10-6-5-9-12(13)15/h11-13H,3-10,15H2,1-2H3,(H,16,17). The minimum atomic E-state index is 0.164. The molecule has 1 amide bonds. The third-order valence-corrected chi connectivity index (χ3v) is 3.79. The molecule has 0 aromatic carbocycles. The summed E-state index contributed by atoms with van der Waals surface area (Å²) in [5, 5.41) is 3.17. The van der Waals surface area contributed by atoms with Crippen LogP contribution in [0, 0.1) is 5.92 Å². The van der Waals surface area contributed by atoms with Crippen LogP contribution < -0.4 is 11.1 Å². The zero-order valence-electron chi connectivity index (χ0n) is 11.4. The molecular formula is C14H28N2O. The van der Waals surface area contributed by atoms with Crippen molar-refractivity contribution in [2.75, 3.05) is 0 Å². The highest BCUT2D eigenvalue weighted by molar-refractivity contribution is 5.79. The van der Waals surface area contributed by atoms with Crippen molar-refractivity contribution in [2.45, 2.75) is 77.3 Å². The van der Waals surface area contributed by atoms with Gasteiger partial charge in [-0.05, 0) is 25.7 Å². The summed E-state index contributed by atoms with van der Waals surface area (Å²) in [5.74, 6) is 0.426. The zero-order chi connectivity index (χ0) is 12.7. The molecule has 0 bridgehead atoms. The molecule has 3 N–H and O–H groups in total. The Balaban J connectivity index is 2.44. The van der Waals surface area contributed by atoms with Gasteiger partial charge < -0.3 is 11.1 Å². The Kier molecular flexibility index (Phi) is 6.56. The predicted molar refractivity (Wildman–Crippen MR) is 71.7 cm³/mol. The molecule has 3 heteroatoms. The van der Waals surface area contributed by atoms with Gasteiger partial charge >= 0.3 is 0 Å². The Bertz CT molecular complexity index is 224. The van der Waals surface area contributed by atoms with Crippen LogP contribution in [0.2, 0.25) is 0 Å². The van der Waals surface area contributed by atoms with Crippen molar-refractivity contribution in [1.82, 2.24) is 5.32 Å². The molecule has 0 saturated heterocycles. The van der Waals surface area contributed by atoms with Crippen LogP contribution in [0.5, 0.6) is 0 Å². The van der Waals surface area contributed by atoms with E-state index in [0.717, 1.165) is 38.5 Å². The molecule has 3 nitrogen and oxygen atoms in total. The number of rotatable bonds is 6. The minimum absolute atomic E-state index is 0.164. The molecule has 0 spiro atoms. The van der Waals surface area contributed by atoms with Crippen LogP contribution in [0.15, 0.2) is 0 Å². The van der Waals surface area contributed by atoms with E-state index in [1.807, 2.05) is 0 Å². The van der Waals surface area contributed by atoms with Crippen LogP contribution in [0.4, 0.5) is 0 Å². The summed E-state index contributed by atoms with van der Waals surface area (Å²) in [4.78, 5) is 12.2. The van der Waals surface area contributed by atoms with Gasteiger partial charge in [-0.15, -0.1) is 0 Å². The fourth-order valence-corrected chi connectivity index (χ4v) is 2.74. The highest BCUT2D eigenvalue weighted by Gasteiger charge is 2.25. The van der Waals surface area contributed by atoms with E-state index in [1.165, 1.54) is 12.8 Å². The van der Waals surface area contributed by atoms with Crippen LogP contribution in [-0.2, 0) is 4.79 Å². The van der Waals surface area contributed by atoms with Crippen LogP contribution in [0.3, 0.4) is 0 Å². The number of carbonyl (C=O) groups is 1. The van der Waals surface area contributed by atoms with Gasteiger partial charge in [0.2, 0.25) is 5.91 Å². The summed E-state index contributed by atoms with van der Waals surface area (Å²) in [5.41, 5.74) is 6.06. The largest absolute Gasteiger partial charge is 0.352 e. The first-order valence-electron chi connectivity index (χ1n) is 7.25. The second kappa shape index (κ2) is 7.70. The van der Waals surface area contributed by atoms with Gasteiger partial charge in [-0.2, -0.15) is 0 Å². The third kappa shape index (κ3) is 4.66. The molecule has 1 aliphatic rings. The second-order valence-corrected chi connectivity index (χ2v) is 5.34. The normalized spacial score (nSPS) is 24.9. The molecule has 2 atom stereocenters. The average molecular weight is 240 g/mol. The summed E-state index contributed by atoms with van der Waals surface area (Å²) >= 11 is 0. The van der Waals surface area contributed by atoms with Crippen molar-refractivity contribution in [2.24, 2.45) is 11.7 Å². The van der Waals surface area contributed by atoms with E-state index >= 15 is 0 Å². The molecule has 0 heterocycles. The highest BCUT2D eigenvalue weighted by atomic mass is 16.1. The molecule has 0 aromatic rings. The Morgan fingerprint density at radius 1 is 1.24 bits per heavy atom. The van der Waals surface area contributed by atoms with Crippen LogP contribution in [0.1, 0.15) is 65.2 Å². The molecule has 0 aromatic heterocycles. The van der Waals surface area contributed by atoms with Gasteiger partial charge in [0, 0.05) is 18.0 Å². The molecule has 0 radical (unpaired) electrons. The number of carbonyl (C=O) groups excluding carboxylic acids is 1. The van der Waals surface area contributed by atoms with Gasteiger partial charge in [0.1, 0.15) is 0 Å². The second-order valence-electron chi connectivity index (χ2n) is 5.34. The van der Waals surface area contributed by atoms with E-state index in [9.17, 15) is 4.79 Å². The summed E-state index contributed by atoms with van der Waals surface area (Å²) < 4.78 is 0. The van der Waals surface area contributed by atoms with E-state index < -0.39 is 0 Å². The lowest BCUT2D eigenvalue weighted by molar-refractivity contribution is -0.126. The molecule has 1 rings (SSSR count). The lowest BCUT2D eigenvalue weighted by Crippen LogP contribution is -2.50. The summed E-state index contributed by atoms with van der Waals surface area (Å²) in [6, 6.07) is 0.379. The third-order valence-electron chi connectivity index (χ3n) is 3.79. The maximum absolute atomic E-state index is 12.2. The Morgan fingerprint density at radius 3 is 2.35 bits per heavy atom. The van der Waals surface area contributed by atoms with Gasteiger partial charge in [-0.25, -0.2) is 0 Å². The number of hydrogen-bond donors (Lipinski definition) is 2. The first kappa shape index (κ1) is 14.5. The first-order valence-corrected chi connectivity index (χ1v) is 7.25. The van der Waals surface area contributed by atoms with E-state index in [1.54, 1.807) is 0 Å². The fourth-order valence-electron chi connectivity index (χ4n) is 2.74. The van der Waals surface area contributed by atoms with Crippen LogP contribution in [0.25, 0.3) is 0 Å². The zero-order valence-corrected chi connectivity index (χ0v) is 11.4. The van der Waals surface area contributed by atoms with Gasteiger partial charge in [0.05, 0.1) is 0 Å².